The number of rotatable bonds is 3. The molecule has 0 atom stereocenters. The lowest BCUT2D eigenvalue weighted by molar-refractivity contribution is 0.463. The Morgan fingerprint density at radius 2 is 1.36 bits per heavy atom. The number of H-pyrrole nitrogens is 2. The predicted octanol–water partition coefficient (Wildman–Crippen LogP) is 2.28. The van der Waals surface area contributed by atoms with Crippen LogP contribution in [0.15, 0.2) is 58.4 Å². The highest BCUT2D eigenvalue weighted by atomic mass is 16.3. The molecule has 28 heavy (non-hydrogen) atoms. The molecule has 0 aromatic carbocycles. The number of aromatic nitrogens is 4. The maximum absolute atomic E-state index is 12.7. The predicted molar refractivity (Wildman–Crippen MR) is 105 cm³/mol. The number of fused-ring (bicyclic) bond motifs is 2. The van der Waals surface area contributed by atoms with Crippen molar-refractivity contribution in [1.29, 1.82) is 0 Å². The zero-order chi connectivity index (χ0) is 19.8. The van der Waals surface area contributed by atoms with Crippen LogP contribution < -0.4 is 11.1 Å². The molecule has 0 aliphatic heterocycles. The fourth-order valence-electron chi connectivity index (χ4n) is 3.35. The average Bonchev–Trinajstić information content (AvgIpc) is 2.68. The summed E-state index contributed by atoms with van der Waals surface area (Å²) in [6.45, 7) is 1.72. The Bertz CT molecular complexity index is 1250. The van der Waals surface area contributed by atoms with Gasteiger partial charge in [0, 0.05) is 18.3 Å². The van der Waals surface area contributed by atoms with Gasteiger partial charge >= 0.3 is 0 Å². The number of aromatic hydroxyl groups is 2. The van der Waals surface area contributed by atoms with Crippen LogP contribution in [0.25, 0.3) is 22.1 Å². The minimum Gasteiger partial charge on any atom is -0.507 e. The first-order chi connectivity index (χ1) is 13.5. The van der Waals surface area contributed by atoms with Crippen molar-refractivity contribution in [3.05, 3.63) is 80.6 Å². The van der Waals surface area contributed by atoms with Gasteiger partial charge in [-0.1, -0.05) is 12.2 Å². The van der Waals surface area contributed by atoms with Crippen molar-refractivity contribution in [1.82, 2.24) is 19.9 Å². The number of nitrogens with one attached hydrogen (secondary N) is 2. The summed E-state index contributed by atoms with van der Waals surface area (Å²) in [6, 6.07) is 6.47. The lowest BCUT2D eigenvalue weighted by atomic mass is 9.90. The molecule has 0 fully saturated rings. The number of nitrogens with zero attached hydrogens (tertiary/aromatic N) is 2. The number of hydrogen-bond donors (Lipinski definition) is 4. The third kappa shape index (κ3) is 2.62. The lowest BCUT2D eigenvalue weighted by Gasteiger charge is -2.17. The molecule has 0 aliphatic rings. The van der Waals surface area contributed by atoms with Crippen LogP contribution in [-0.2, 0) is 0 Å². The second-order valence-corrected chi connectivity index (χ2v) is 6.24. The highest BCUT2D eigenvalue weighted by molar-refractivity contribution is 5.85. The summed E-state index contributed by atoms with van der Waals surface area (Å²) in [6.07, 6.45) is 6.20. The molecule has 4 aromatic heterocycles. The van der Waals surface area contributed by atoms with Gasteiger partial charge in [0.15, 0.2) is 0 Å². The second kappa shape index (κ2) is 6.66. The van der Waals surface area contributed by atoms with Crippen LogP contribution in [0.1, 0.15) is 24.0 Å². The van der Waals surface area contributed by atoms with Crippen molar-refractivity contribution in [3.63, 3.8) is 0 Å². The van der Waals surface area contributed by atoms with Gasteiger partial charge in [-0.15, -0.1) is 0 Å². The van der Waals surface area contributed by atoms with E-state index < -0.39 is 17.0 Å². The summed E-state index contributed by atoms with van der Waals surface area (Å²) in [5.74, 6) is -1.56. The van der Waals surface area contributed by atoms with Gasteiger partial charge in [0.05, 0.1) is 21.9 Å². The molecule has 0 bridgehead atoms. The van der Waals surface area contributed by atoms with Crippen LogP contribution in [-0.4, -0.2) is 30.1 Å². The van der Waals surface area contributed by atoms with E-state index in [0.29, 0.717) is 10.8 Å². The highest BCUT2D eigenvalue weighted by Gasteiger charge is 2.27. The molecule has 4 aromatic rings. The summed E-state index contributed by atoms with van der Waals surface area (Å²) in [4.78, 5) is 38.8. The monoisotopic (exact) mass is 376 g/mol. The van der Waals surface area contributed by atoms with E-state index in [1.807, 2.05) is 0 Å². The lowest BCUT2D eigenvalue weighted by Crippen LogP contribution is -2.23. The molecule has 0 amide bonds. The Hall–Kier alpha value is -3.94. The standard InChI is InChI=1S/C20H16N4O4/c1-2-5-10(13-15(25)11-6-3-8-21-17(11)23-19(13)27)14-16(26)12-7-4-9-22-18(12)24-20(14)28/h2-10H,1H3,(H2,21,23,25,27)(H2,22,24,26,28). The van der Waals surface area contributed by atoms with Crippen LogP contribution in [0.3, 0.4) is 0 Å². The van der Waals surface area contributed by atoms with Gasteiger partial charge in [-0.25, -0.2) is 9.97 Å². The molecule has 8 nitrogen and oxygen atoms in total. The molecule has 0 saturated heterocycles. The van der Waals surface area contributed by atoms with Crippen molar-refractivity contribution in [3.8, 4) is 11.5 Å². The van der Waals surface area contributed by atoms with E-state index in [4.69, 9.17) is 0 Å². The van der Waals surface area contributed by atoms with Crippen molar-refractivity contribution in [2.45, 2.75) is 12.8 Å². The second-order valence-electron chi connectivity index (χ2n) is 6.24. The number of pyridine rings is 4. The Kier molecular flexibility index (Phi) is 4.15. The fourth-order valence-corrected chi connectivity index (χ4v) is 3.35. The van der Waals surface area contributed by atoms with Gasteiger partial charge in [0.2, 0.25) is 0 Å². The molecule has 140 valence electrons. The third-order valence-electron chi connectivity index (χ3n) is 4.60. The van der Waals surface area contributed by atoms with Crippen molar-refractivity contribution >= 4 is 22.1 Å². The van der Waals surface area contributed by atoms with Gasteiger partial charge in [0.1, 0.15) is 22.8 Å². The molecule has 4 rings (SSSR count). The summed E-state index contributed by atoms with van der Waals surface area (Å²) in [5, 5.41) is 22.2. The van der Waals surface area contributed by atoms with E-state index in [1.165, 1.54) is 12.4 Å². The summed E-state index contributed by atoms with van der Waals surface area (Å²) >= 11 is 0. The number of allylic oxidation sites excluding steroid dienone is 2. The maximum atomic E-state index is 12.7. The van der Waals surface area contributed by atoms with Crippen LogP contribution in [0.5, 0.6) is 11.5 Å². The molecule has 0 saturated carbocycles. The Morgan fingerprint density at radius 3 is 1.79 bits per heavy atom. The quantitative estimate of drug-likeness (QED) is 0.406. The highest BCUT2D eigenvalue weighted by Crippen LogP contribution is 2.37. The maximum Gasteiger partial charge on any atom is 0.257 e. The molecule has 0 radical (unpaired) electrons. The smallest absolute Gasteiger partial charge is 0.257 e. The first-order valence-corrected chi connectivity index (χ1v) is 8.55. The van der Waals surface area contributed by atoms with Gasteiger partial charge in [0.25, 0.3) is 11.1 Å². The van der Waals surface area contributed by atoms with Crippen molar-refractivity contribution in [2.24, 2.45) is 0 Å². The van der Waals surface area contributed by atoms with E-state index in [2.05, 4.69) is 19.9 Å². The number of aromatic amines is 2. The first-order valence-electron chi connectivity index (χ1n) is 8.55. The van der Waals surface area contributed by atoms with Crippen LogP contribution in [0.2, 0.25) is 0 Å². The average molecular weight is 376 g/mol. The van der Waals surface area contributed by atoms with Gasteiger partial charge in [-0.05, 0) is 31.2 Å². The summed E-state index contributed by atoms with van der Waals surface area (Å²) < 4.78 is 0. The molecule has 4 N–H and O–H groups in total. The minimum absolute atomic E-state index is 0.0531. The normalized spacial score (nSPS) is 11.8. The van der Waals surface area contributed by atoms with Crippen LogP contribution in [0, 0.1) is 0 Å². The summed E-state index contributed by atoms with van der Waals surface area (Å²) in [5.41, 5.74) is -0.846. The van der Waals surface area contributed by atoms with E-state index in [-0.39, 0.29) is 33.9 Å². The molecular formula is C20H16N4O4. The minimum atomic E-state index is -0.980. The molecule has 0 aliphatic carbocycles. The first kappa shape index (κ1) is 17.5. The van der Waals surface area contributed by atoms with E-state index >= 15 is 0 Å². The van der Waals surface area contributed by atoms with Crippen molar-refractivity contribution < 1.29 is 10.2 Å². The van der Waals surface area contributed by atoms with Gasteiger partial charge in [-0.3, -0.25) is 9.59 Å². The van der Waals surface area contributed by atoms with E-state index in [0.717, 1.165) is 0 Å². The largest absolute Gasteiger partial charge is 0.507 e. The molecule has 8 heteroatoms. The topological polar surface area (TPSA) is 132 Å². The summed E-state index contributed by atoms with van der Waals surface area (Å²) in [7, 11) is 0. The Balaban J connectivity index is 2.08. The molecular weight excluding hydrogens is 360 g/mol. The zero-order valence-corrected chi connectivity index (χ0v) is 14.8. The van der Waals surface area contributed by atoms with Crippen molar-refractivity contribution in [2.75, 3.05) is 0 Å². The molecule has 0 spiro atoms. The number of hydrogen-bond acceptors (Lipinski definition) is 6. The van der Waals surface area contributed by atoms with Crippen LogP contribution >= 0.6 is 0 Å². The zero-order valence-electron chi connectivity index (χ0n) is 14.8. The molecule has 4 heterocycles. The van der Waals surface area contributed by atoms with E-state index in [1.54, 1.807) is 43.3 Å². The SMILES string of the molecule is CC=CC(c1c(O)c2cccnc2[nH]c1=O)c1c(O)c2cccnc2[nH]c1=O. The van der Waals surface area contributed by atoms with E-state index in [9.17, 15) is 19.8 Å². The Morgan fingerprint density at radius 1 is 0.893 bits per heavy atom. The third-order valence-corrected chi connectivity index (χ3v) is 4.60. The van der Waals surface area contributed by atoms with Gasteiger partial charge < -0.3 is 20.2 Å². The fraction of sp³-hybridized carbons (Fsp3) is 0.100. The van der Waals surface area contributed by atoms with Gasteiger partial charge in [-0.2, -0.15) is 0 Å². The Labute approximate surface area is 157 Å². The molecule has 0 unspecified atom stereocenters. The van der Waals surface area contributed by atoms with Crippen LogP contribution in [0.4, 0.5) is 0 Å².